The fraction of sp³-hybridized carbons (Fsp3) is 0.294. The van der Waals surface area contributed by atoms with E-state index in [1.54, 1.807) is 12.1 Å². The third-order valence-corrected chi connectivity index (χ3v) is 3.39. The average molecular weight is 272 g/mol. The summed E-state index contributed by atoms with van der Waals surface area (Å²) in [6.07, 6.45) is 0.876. The van der Waals surface area contributed by atoms with Gasteiger partial charge < -0.3 is 10.6 Å². The van der Waals surface area contributed by atoms with Gasteiger partial charge in [-0.05, 0) is 61.7 Å². The van der Waals surface area contributed by atoms with Gasteiger partial charge in [-0.2, -0.15) is 0 Å². The molecule has 2 aromatic rings. The molecule has 2 aromatic carbocycles. The molecule has 1 unspecified atom stereocenters. The molecule has 0 saturated carbocycles. The number of halogens is 1. The zero-order chi connectivity index (χ0) is 14.7. The van der Waals surface area contributed by atoms with E-state index in [1.807, 2.05) is 14.0 Å². The maximum absolute atomic E-state index is 13.0. The highest BCUT2D eigenvalue weighted by atomic mass is 19.1. The Hall–Kier alpha value is -1.87. The summed E-state index contributed by atoms with van der Waals surface area (Å²) in [4.78, 5) is 2.06. The predicted molar refractivity (Wildman–Crippen MR) is 83.0 cm³/mol. The molecule has 0 bridgehead atoms. The molecule has 0 aliphatic carbocycles. The van der Waals surface area contributed by atoms with Gasteiger partial charge in [-0.3, -0.25) is 0 Å². The van der Waals surface area contributed by atoms with Gasteiger partial charge in [0.15, 0.2) is 0 Å². The first-order valence-electron chi connectivity index (χ1n) is 6.82. The van der Waals surface area contributed by atoms with Crippen LogP contribution in [-0.2, 0) is 6.42 Å². The molecule has 0 radical (unpaired) electrons. The zero-order valence-corrected chi connectivity index (χ0v) is 12.2. The summed E-state index contributed by atoms with van der Waals surface area (Å²) in [7, 11) is 1.99. The second kappa shape index (κ2) is 6.06. The molecule has 0 saturated heterocycles. The Bertz CT molecular complexity index is 576. The summed E-state index contributed by atoms with van der Waals surface area (Å²) in [5.41, 5.74) is 10.3. The van der Waals surface area contributed by atoms with Crippen molar-refractivity contribution in [2.24, 2.45) is 5.73 Å². The minimum atomic E-state index is -0.217. The summed E-state index contributed by atoms with van der Waals surface area (Å²) in [6, 6.07) is 13.0. The van der Waals surface area contributed by atoms with Crippen LogP contribution in [0, 0.1) is 12.7 Å². The standard InChI is InChI=1S/C17H21FN2/c1-12-10-14(11-13(2)19)4-9-17(12)20(3)16-7-5-15(18)6-8-16/h4-10,13H,11,19H2,1-3H3. The van der Waals surface area contributed by atoms with E-state index in [2.05, 4.69) is 30.0 Å². The number of nitrogens with zero attached hydrogens (tertiary/aromatic N) is 1. The van der Waals surface area contributed by atoms with Crippen molar-refractivity contribution in [2.45, 2.75) is 26.3 Å². The van der Waals surface area contributed by atoms with Crippen molar-refractivity contribution >= 4 is 11.4 Å². The first-order chi connectivity index (χ1) is 9.47. The first-order valence-corrected chi connectivity index (χ1v) is 6.82. The SMILES string of the molecule is Cc1cc(CC(C)N)ccc1N(C)c1ccc(F)cc1. The summed E-state index contributed by atoms with van der Waals surface area (Å²) >= 11 is 0. The van der Waals surface area contributed by atoms with Crippen LogP contribution in [0.1, 0.15) is 18.1 Å². The smallest absolute Gasteiger partial charge is 0.123 e. The Labute approximate surface area is 120 Å². The molecular weight excluding hydrogens is 251 g/mol. The number of nitrogens with two attached hydrogens (primary N) is 1. The van der Waals surface area contributed by atoms with E-state index in [0.717, 1.165) is 17.8 Å². The van der Waals surface area contributed by atoms with E-state index in [9.17, 15) is 4.39 Å². The van der Waals surface area contributed by atoms with Gasteiger partial charge in [0.25, 0.3) is 0 Å². The van der Waals surface area contributed by atoms with Crippen LogP contribution in [0.3, 0.4) is 0 Å². The fourth-order valence-corrected chi connectivity index (χ4v) is 2.40. The van der Waals surface area contributed by atoms with E-state index in [1.165, 1.54) is 23.3 Å². The van der Waals surface area contributed by atoms with Crippen molar-refractivity contribution in [2.75, 3.05) is 11.9 Å². The largest absolute Gasteiger partial charge is 0.344 e. The number of hydrogen-bond donors (Lipinski definition) is 1. The average Bonchev–Trinajstić information content (AvgIpc) is 2.38. The maximum Gasteiger partial charge on any atom is 0.123 e. The lowest BCUT2D eigenvalue weighted by Crippen LogP contribution is -2.18. The highest BCUT2D eigenvalue weighted by Gasteiger charge is 2.08. The minimum Gasteiger partial charge on any atom is -0.344 e. The Kier molecular flexibility index (Phi) is 4.40. The van der Waals surface area contributed by atoms with Gasteiger partial charge in [-0.1, -0.05) is 12.1 Å². The Morgan fingerprint density at radius 3 is 2.35 bits per heavy atom. The summed E-state index contributed by atoms with van der Waals surface area (Å²) in [6.45, 7) is 4.09. The molecule has 2 rings (SSSR count). The van der Waals surface area contributed by atoms with Crippen LogP contribution in [0.5, 0.6) is 0 Å². The molecule has 2 nitrogen and oxygen atoms in total. The van der Waals surface area contributed by atoms with Crippen LogP contribution in [-0.4, -0.2) is 13.1 Å². The topological polar surface area (TPSA) is 29.3 Å². The predicted octanol–water partition coefficient (Wildman–Crippen LogP) is 3.79. The number of aryl methyl sites for hydroxylation is 1. The number of hydrogen-bond acceptors (Lipinski definition) is 2. The van der Waals surface area contributed by atoms with Gasteiger partial charge >= 0.3 is 0 Å². The van der Waals surface area contributed by atoms with Crippen LogP contribution in [0.25, 0.3) is 0 Å². The summed E-state index contributed by atoms with van der Waals surface area (Å²) < 4.78 is 13.0. The minimum absolute atomic E-state index is 0.162. The highest BCUT2D eigenvalue weighted by molar-refractivity contribution is 5.65. The van der Waals surface area contributed by atoms with Gasteiger partial charge in [0.05, 0.1) is 0 Å². The van der Waals surface area contributed by atoms with Crippen LogP contribution in [0.15, 0.2) is 42.5 Å². The van der Waals surface area contributed by atoms with Crippen molar-refractivity contribution in [3.05, 3.63) is 59.4 Å². The van der Waals surface area contributed by atoms with E-state index in [-0.39, 0.29) is 11.9 Å². The van der Waals surface area contributed by atoms with Crippen molar-refractivity contribution in [1.82, 2.24) is 0 Å². The molecule has 2 N–H and O–H groups in total. The molecule has 0 aliphatic rings. The zero-order valence-electron chi connectivity index (χ0n) is 12.2. The Balaban J connectivity index is 2.26. The number of rotatable bonds is 4. The number of benzene rings is 2. The quantitative estimate of drug-likeness (QED) is 0.917. The number of anilines is 2. The van der Waals surface area contributed by atoms with Crippen LogP contribution < -0.4 is 10.6 Å². The molecule has 3 heteroatoms. The van der Waals surface area contributed by atoms with Crippen LogP contribution in [0.4, 0.5) is 15.8 Å². The van der Waals surface area contributed by atoms with Crippen molar-refractivity contribution < 1.29 is 4.39 Å². The Morgan fingerprint density at radius 1 is 1.15 bits per heavy atom. The lowest BCUT2D eigenvalue weighted by molar-refractivity contribution is 0.628. The van der Waals surface area contributed by atoms with Crippen LogP contribution in [0.2, 0.25) is 0 Å². The highest BCUT2D eigenvalue weighted by Crippen LogP contribution is 2.27. The lowest BCUT2D eigenvalue weighted by Gasteiger charge is -2.22. The van der Waals surface area contributed by atoms with Gasteiger partial charge in [-0.15, -0.1) is 0 Å². The third-order valence-electron chi connectivity index (χ3n) is 3.39. The van der Waals surface area contributed by atoms with Crippen LogP contribution >= 0.6 is 0 Å². The van der Waals surface area contributed by atoms with E-state index < -0.39 is 0 Å². The molecular formula is C17H21FN2. The molecule has 20 heavy (non-hydrogen) atoms. The molecule has 0 spiro atoms. The van der Waals surface area contributed by atoms with E-state index in [0.29, 0.717) is 0 Å². The second-order valence-corrected chi connectivity index (χ2v) is 5.34. The van der Waals surface area contributed by atoms with Gasteiger partial charge in [0, 0.05) is 24.5 Å². The normalized spacial score (nSPS) is 12.2. The lowest BCUT2D eigenvalue weighted by atomic mass is 10.0. The second-order valence-electron chi connectivity index (χ2n) is 5.34. The van der Waals surface area contributed by atoms with Crippen molar-refractivity contribution in [3.8, 4) is 0 Å². The molecule has 0 heterocycles. The van der Waals surface area contributed by atoms with Crippen molar-refractivity contribution in [3.63, 3.8) is 0 Å². The molecule has 0 aliphatic heterocycles. The monoisotopic (exact) mass is 272 g/mol. The maximum atomic E-state index is 13.0. The summed E-state index contributed by atoms with van der Waals surface area (Å²) in [5, 5.41) is 0. The first kappa shape index (κ1) is 14.5. The molecule has 1 atom stereocenters. The summed E-state index contributed by atoms with van der Waals surface area (Å²) in [5.74, 6) is -0.217. The molecule has 0 amide bonds. The third kappa shape index (κ3) is 3.36. The van der Waals surface area contributed by atoms with Crippen molar-refractivity contribution in [1.29, 1.82) is 0 Å². The molecule has 106 valence electrons. The Morgan fingerprint density at radius 2 is 1.80 bits per heavy atom. The van der Waals surface area contributed by atoms with E-state index >= 15 is 0 Å². The molecule has 0 aromatic heterocycles. The van der Waals surface area contributed by atoms with Gasteiger partial charge in [0.1, 0.15) is 5.82 Å². The van der Waals surface area contributed by atoms with Gasteiger partial charge in [-0.25, -0.2) is 4.39 Å². The van der Waals surface area contributed by atoms with Gasteiger partial charge in [0.2, 0.25) is 0 Å². The molecule has 0 fully saturated rings. The fourth-order valence-electron chi connectivity index (χ4n) is 2.40. The van der Waals surface area contributed by atoms with E-state index in [4.69, 9.17) is 5.73 Å².